The van der Waals surface area contributed by atoms with Crippen LogP contribution in [0.4, 0.5) is 30.5 Å². The standard InChI is InChI=1S/C29H37ClN6O4.C2HF3O2/c30-24-17-21(6-7-25(24)40-22-9-13-36(14-10-22)29(39)19-4-1-2-5-19)35-27-23-16-20(28(38)32-11-3-15-37)8-12-31-26(23)33-18-34-27;3-2(4,5)1(6)7/h6-7,16-19,22,37H,1-5,8-15H2,(H,32,38)(H2,31,33,34,35);(H,6,7). The molecule has 0 radical (unpaired) electrons. The largest absolute Gasteiger partial charge is 0.490 e. The second-order valence-corrected chi connectivity index (χ2v) is 11.8. The number of aliphatic carboxylic acids is 1. The number of rotatable bonds is 9. The number of aromatic nitrogens is 2. The lowest BCUT2D eigenvalue weighted by molar-refractivity contribution is -0.192. The Bertz CT molecular complexity index is 1450. The van der Waals surface area contributed by atoms with E-state index >= 15 is 0 Å². The van der Waals surface area contributed by atoms with Crippen molar-refractivity contribution in [3.05, 3.63) is 40.7 Å². The predicted octanol–water partition coefficient (Wildman–Crippen LogP) is 4.76. The Hall–Kier alpha value is -4.11. The van der Waals surface area contributed by atoms with Gasteiger partial charge in [0.25, 0.3) is 0 Å². The van der Waals surface area contributed by atoms with Crippen molar-refractivity contribution in [2.75, 3.05) is 43.4 Å². The van der Waals surface area contributed by atoms with Gasteiger partial charge in [0, 0.05) is 62.8 Å². The number of aliphatic hydroxyl groups is 1. The number of aliphatic hydroxyl groups excluding tert-OH is 1. The summed E-state index contributed by atoms with van der Waals surface area (Å²) in [5.41, 5.74) is 2.02. The molecule has 5 rings (SSSR count). The van der Waals surface area contributed by atoms with Crippen LogP contribution in [0.1, 0.15) is 56.9 Å². The minimum absolute atomic E-state index is 0.0136. The number of piperidine rings is 1. The molecule has 47 heavy (non-hydrogen) atoms. The molecule has 2 aliphatic heterocycles. The number of anilines is 3. The fraction of sp³-hybridized carbons (Fsp3) is 0.516. The summed E-state index contributed by atoms with van der Waals surface area (Å²) in [4.78, 5) is 45.1. The molecule has 1 saturated heterocycles. The van der Waals surface area contributed by atoms with Gasteiger partial charge in [0.15, 0.2) is 0 Å². The van der Waals surface area contributed by atoms with E-state index in [-0.39, 0.29) is 24.5 Å². The maximum Gasteiger partial charge on any atom is 0.490 e. The number of likely N-dealkylation sites (tertiary alicyclic amines) is 1. The molecule has 1 aromatic carbocycles. The molecule has 0 unspecified atom stereocenters. The molecule has 16 heteroatoms. The summed E-state index contributed by atoms with van der Waals surface area (Å²) in [6.07, 6.45) is 5.19. The number of ether oxygens (including phenoxy) is 1. The fourth-order valence-corrected chi connectivity index (χ4v) is 5.75. The van der Waals surface area contributed by atoms with E-state index in [1.807, 2.05) is 17.0 Å². The predicted molar refractivity (Wildman–Crippen MR) is 168 cm³/mol. The maximum atomic E-state index is 12.7. The van der Waals surface area contributed by atoms with Crippen molar-refractivity contribution < 1.29 is 42.5 Å². The number of carbonyl (C=O) groups is 3. The fourth-order valence-electron chi connectivity index (χ4n) is 5.52. The third-order valence-corrected chi connectivity index (χ3v) is 8.29. The van der Waals surface area contributed by atoms with Gasteiger partial charge in [0.1, 0.15) is 29.8 Å². The molecule has 0 spiro atoms. The van der Waals surface area contributed by atoms with Gasteiger partial charge in [-0.25, -0.2) is 14.8 Å². The molecular weight excluding hydrogens is 645 g/mol. The third kappa shape index (κ3) is 10.2. The van der Waals surface area contributed by atoms with E-state index in [0.717, 1.165) is 57.3 Å². The number of nitrogens with zero attached hydrogens (tertiary/aromatic N) is 3. The van der Waals surface area contributed by atoms with Crippen LogP contribution >= 0.6 is 11.6 Å². The van der Waals surface area contributed by atoms with Crippen LogP contribution in [0.15, 0.2) is 30.1 Å². The number of fused-ring (bicyclic) bond motifs is 1. The third-order valence-electron chi connectivity index (χ3n) is 7.99. The highest BCUT2D eigenvalue weighted by Crippen LogP contribution is 2.34. The number of hydrogen-bond acceptors (Lipinski definition) is 9. The number of alkyl halides is 3. The first kappa shape index (κ1) is 35.7. The lowest BCUT2D eigenvalue weighted by atomic mass is 10.0. The average molecular weight is 683 g/mol. The number of hydrogen-bond donors (Lipinski definition) is 5. The number of amides is 2. The molecule has 1 aromatic heterocycles. The summed E-state index contributed by atoms with van der Waals surface area (Å²) < 4.78 is 38.0. The minimum Gasteiger partial charge on any atom is -0.489 e. The Morgan fingerprint density at radius 3 is 2.45 bits per heavy atom. The van der Waals surface area contributed by atoms with Gasteiger partial charge in [-0.2, -0.15) is 13.2 Å². The van der Waals surface area contributed by atoms with Crippen molar-refractivity contribution in [3.8, 4) is 5.75 Å². The van der Waals surface area contributed by atoms with Crippen LogP contribution in [0.3, 0.4) is 0 Å². The molecule has 2 fully saturated rings. The average Bonchev–Trinajstić information content (AvgIpc) is 3.49. The molecule has 1 aliphatic carbocycles. The Labute approximate surface area is 274 Å². The number of carboxylic acid groups (broad SMARTS) is 1. The van der Waals surface area contributed by atoms with Crippen molar-refractivity contribution >= 4 is 52.8 Å². The number of carbonyl (C=O) groups excluding carboxylic acids is 2. The lowest BCUT2D eigenvalue weighted by Gasteiger charge is -2.33. The van der Waals surface area contributed by atoms with Crippen molar-refractivity contribution in [2.24, 2.45) is 5.92 Å². The summed E-state index contributed by atoms with van der Waals surface area (Å²) >= 11 is 6.62. The normalized spacial score (nSPS) is 16.9. The van der Waals surface area contributed by atoms with E-state index in [2.05, 4.69) is 25.9 Å². The van der Waals surface area contributed by atoms with Gasteiger partial charge < -0.3 is 35.8 Å². The highest BCUT2D eigenvalue weighted by atomic mass is 35.5. The maximum absolute atomic E-state index is 12.7. The Balaban J connectivity index is 0.000000644. The molecule has 12 nitrogen and oxygen atoms in total. The molecule has 5 N–H and O–H groups in total. The Morgan fingerprint density at radius 1 is 1.11 bits per heavy atom. The summed E-state index contributed by atoms with van der Waals surface area (Å²) in [6, 6.07) is 5.51. The van der Waals surface area contributed by atoms with Gasteiger partial charge in [-0.15, -0.1) is 0 Å². The van der Waals surface area contributed by atoms with E-state index in [1.54, 1.807) is 12.1 Å². The molecule has 1 saturated carbocycles. The zero-order valence-electron chi connectivity index (χ0n) is 25.6. The Kier molecular flexibility index (Phi) is 12.6. The summed E-state index contributed by atoms with van der Waals surface area (Å²) in [6.45, 7) is 2.44. The van der Waals surface area contributed by atoms with Crippen LogP contribution in [0.25, 0.3) is 6.08 Å². The quantitative estimate of drug-likeness (QED) is 0.233. The van der Waals surface area contributed by atoms with Crippen LogP contribution < -0.4 is 20.7 Å². The van der Waals surface area contributed by atoms with Crippen molar-refractivity contribution in [1.82, 2.24) is 20.2 Å². The van der Waals surface area contributed by atoms with Crippen molar-refractivity contribution in [3.63, 3.8) is 0 Å². The van der Waals surface area contributed by atoms with Crippen molar-refractivity contribution in [2.45, 2.75) is 63.6 Å². The minimum atomic E-state index is -5.08. The first-order valence-corrected chi connectivity index (χ1v) is 15.8. The van der Waals surface area contributed by atoms with Crippen LogP contribution in [-0.4, -0.2) is 87.9 Å². The number of nitrogens with one attached hydrogen (secondary N) is 3. The summed E-state index contributed by atoms with van der Waals surface area (Å²) in [5, 5.41) is 26.0. The highest BCUT2D eigenvalue weighted by molar-refractivity contribution is 6.32. The van der Waals surface area contributed by atoms with Gasteiger partial charge in [-0.1, -0.05) is 24.4 Å². The topological polar surface area (TPSA) is 166 Å². The molecule has 256 valence electrons. The van der Waals surface area contributed by atoms with E-state index in [0.29, 0.717) is 65.4 Å². The van der Waals surface area contributed by atoms with Gasteiger partial charge in [-0.05, 0) is 50.0 Å². The smallest absolute Gasteiger partial charge is 0.489 e. The molecule has 2 amide bonds. The van der Waals surface area contributed by atoms with Crippen molar-refractivity contribution in [1.29, 1.82) is 0 Å². The second-order valence-electron chi connectivity index (χ2n) is 11.4. The number of carboxylic acids is 1. The molecule has 3 aliphatic rings. The van der Waals surface area contributed by atoms with Gasteiger partial charge >= 0.3 is 12.1 Å². The second kappa shape index (κ2) is 16.6. The SMILES string of the molecule is O=C(NCCCO)C1=Cc2c(ncnc2Nc2ccc(OC3CCN(C(=O)C4CCCC4)CC3)c(Cl)c2)NCC1.O=C(O)C(F)(F)F. The van der Waals surface area contributed by atoms with Crippen LogP contribution in [0.2, 0.25) is 5.02 Å². The number of halogens is 4. The molecule has 2 aromatic rings. The zero-order chi connectivity index (χ0) is 34.0. The number of benzene rings is 1. The first-order valence-electron chi connectivity index (χ1n) is 15.5. The van der Waals surface area contributed by atoms with E-state index < -0.39 is 12.1 Å². The van der Waals surface area contributed by atoms with Gasteiger partial charge in [0.05, 0.1) is 10.6 Å². The lowest BCUT2D eigenvalue weighted by Crippen LogP contribution is -2.44. The van der Waals surface area contributed by atoms with Crippen LogP contribution in [0.5, 0.6) is 5.75 Å². The monoisotopic (exact) mass is 682 g/mol. The molecule has 0 bridgehead atoms. The van der Waals surface area contributed by atoms with Crippen LogP contribution in [0, 0.1) is 5.92 Å². The van der Waals surface area contributed by atoms with Gasteiger partial charge in [0.2, 0.25) is 11.8 Å². The molecule has 0 atom stereocenters. The summed E-state index contributed by atoms with van der Waals surface area (Å²) in [7, 11) is 0. The Morgan fingerprint density at radius 2 is 1.81 bits per heavy atom. The summed E-state index contributed by atoms with van der Waals surface area (Å²) in [5.74, 6) is -0.611. The van der Waals surface area contributed by atoms with E-state index in [1.165, 1.54) is 6.33 Å². The van der Waals surface area contributed by atoms with Crippen LogP contribution in [-0.2, 0) is 14.4 Å². The molecule has 3 heterocycles. The van der Waals surface area contributed by atoms with E-state index in [9.17, 15) is 22.8 Å². The first-order chi connectivity index (χ1) is 22.5. The van der Waals surface area contributed by atoms with Gasteiger partial charge in [-0.3, -0.25) is 9.59 Å². The zero-order valence-corrected chi connectivity index (χ0v) is 26.4. The van der Waals surface area contributed by atoms with E-state index in [4.69, 9.17) is 31.3 Å². The highest BCUT2D eigenvalue weighted by Gasteiger charge is 2.38. The molecular formula is C31H38ClF3N6O6.